The fourth-order valence-electron chi connectivity index (χ4n) is 9.87. The predicted octanol–water partition coefficient (Wildman–Crippen LogP) is 6.78. The summed E-state index contributed by atoms with van der Waals surface area (Å²) in [5.74, 6) is -0.592. The first kappa shape index (κ1) is 49.5. The van der Waals surface area contributed by atoms with Crippen molar-refractivity contribution in [3.05, 3.63) is 114 Å². The topological polar surface area (TPSA) is 229 Å². The number of benzene rings is 2. The van der Waals surface area contributed by atoms with Crippen LogP contribution in [0, 0.1) is 0 Å². The van der Waals surface area contributed by atoms with E-state index in [1.54, 1.807) is 83.3 Å². The summed E-state index contributed by atoms with van der Waals surface area (Å²) >= 11 is 3.07. The van der Waals surface area contributed by atoms with Gasteiger partial charge < -0.3 is 47.0 Å². The summed E-state index contributed by atoms with van der Waals surface area (Å²) in [6.07, 6.45) is -0.511. The van der Waals surface area contributed by atoms with Crippen molar-refractivity contribution in [3.63, 3.8) is 0 Å². The maximum absolute atomic E-state index is 14.1. The first-order valence-electron chi connectivity index (χ1n) is 23.5. The molecule has 0 fully saturated rings. The quantitative estimate of drug-likeness (QED) is 0.0319. The van der Waals surface area contributed by atoms with Gasteiger partial charge in [-0.3, -0.25) is 19.2 Å². The van der Waals surface area contributed by atoms with Gasteiger partial charge in [0.15, 0.2) is 5.60 Å². The van der Waals surface area contributed by atoms with E-state index < -0.39 is 41.2 Å². The summed E-state index contributed by atoms with van der Waals surface area (Å²) in [4.78, 5) is 101. The van der Waals surface area contributed by atoms with Crippen molar-refractivity contribution >= 4 is 75.4 Å². The largest absolute Gasteiger partial charge is 0.509 e. The second kappa shape index (κ2) is 19.7. The van der Waals surface area contributed by atoms with Gasteiger partial charge in [0, 0.05) is 63.5 Å². The Bertz CT molecular complexity index is 3460. The molecule has 8 heterocycles. The zero-order valence-electron chi connectivity index (χ0n) is 40.4. The first-order valence-corrected chi connectivity index (χ1v) is 25.8. The van der Waals surface area contributed by atoms with Gasteiger partial charge in [0.1, 0.15) is 38.1 Å². The highest BCUT2D eigenvalue weighted by molar-refractivity contribution is 8.16. The van der Waals surface area contributed by atoms with Crippen molar-refractivity contribution < 1.29 is 61.9 Å². The second-order valence-corrected chi connectivity index (χ2v) is 20.4. The molecule has 73 heavy (non-hydrogen) atoms. The molecule has 0 N–H and O–H groups in total. The van der Waals surface area contributed by atoms with E-state index in [2.05, 4.69) is 0 Å². The monoisotopic (exact) mass is 1030 g/mol. The maximum atomic E-state index is 14.1. The van der Waals surface area contributed by atoms with Crippen LogP contribution in [-0.4, -0.2) is 85.7 Å². The molecule has 10 rings (SSSR count). The third-order valence-electron chi connectivity index (χ3n) is 13.4. The fraction of sp³-hybridized carbons (Fsp3) is 0.365. The van der Waals surface area contributed by atoms with Gasteiger partial charge in [-0.15, -0.1) is 23.5 Å². The van der Waals surface area contributed by atoms with Crippen LogP contribution >= 0.6 is 23.5 Å². The number of rotatable bonds is 16. The van der Waals surface area contributed by atoms with E-state index >= 15 is 0 Å². The molecule has 4 aromatic heterocycles. The van der Waals surface area contributed by atoms with Crippen molar-refractivity contribution in [2.24, 2.45) is 0 Å². The Morgan fingerprint density at radius 1 is 0.726 bits per heavy atom. The zero-order valence-corrected chi connectivity index (χ0v) is 42.0. The average molecular weight is 1030 g/mol. The van der Waals surface area contributed by atoms with Crippen LogP contribution in [0.3, 0.4) is 0 Å². The smallest absolute Gasteiger partial charge is 0.458 e. The van der Waals surface area contributed by atoms with Gasteiger partial charge in [0.2, 0.25) is 5.60 Å². The number of ether oxygens (including phenoxy) is 8. The average Bonchev–Trinajstić information content (AvgIpc) is 3.91. The van der Waals surface area contributed by atoms with E-state index in [-0.39, 0.29) is 75.0 Å². The number of pyridine rings is 4. The third kappa shape index (κ3) is 8.90. The Morgan fingerprint density at radius 3 is 2.07 bits per heavy atom. The molecule has 0 spiro atoms. The van der Waals surface area contributed by atoms with E-state index in [0.717, 1.165) is 27.5 Å². The Labute approximate surface area is 424 Å². The second-order valence-electron chi connectivity index (χ2n) is 17.8. The van der Waals surface area contributed by atoms with Crippen LogP contribution < -0.4 is 20.6 Å². The van der Waals surface area contributed by atoms with Crippen molar-refractivity contribution in [1.29, 1.82) is 0 Å². The van der Waals surface area contributed by atoms with Crippen LogP contribution in [0.25, 0.3) is 44.6 Å². The summed E-state index contributed by atoms with van der Waals surface area (Å²) in [5.41, 5.74) is 2.88. The highest BCUT2D eigenvalue weighted by Crippen LogP contribution is 2.44. The lowest BCUT2D eigenvalue weighted by atomic mass is 9.85. The highest BCUT2D eigenvalue weighted by Gasteiger charge is 2.51. The molecular formula is C52H48N4O15S2. The molecule has 0 radical (unpaired) electrons. The fourth-order valence-corrected chi connectivity index (χ4v) is 11.7. The van der Waals surface area contributed by atoms with Crippen LogP contribution in [0.4, 0.5) is 4.79 Å². The Hall–Kier alpha value is -7.07. The number of nitrogens with zero attached hydrogens (tertiary/aromatic N) is 4. The molecule has 0 aliphatic carbocycles. The molecule has 2 atom stereocenters. The highest BCUT2D eigenvalue weighted by atomic mass is 32.2. The molecule has 0 amide bonds. The summed E-state index contributed by atoms with van der Waals surface area (Å²) in [6.45, 7) is 7.87. The summed E-state index contributed by atoms with van der Waals surface area (Å²) in [6, 6.07) is 15.6. The number of thioether (sulfide) groups is 2. The van der Waals surface area contributed by atoms with Gasteiger partial charge >= 0.3 is 30.0 Å². The van der Waals surface area contributed by atoms with Crippen molar-refractivity contribution in [3.8, 4) is 34.3 Å². The lowest BCUT2D eigenvalue weighted by Crippen LogP contribution is -2.47. The minimum absolute atomic E-state index is 0.0219. The van der Waals surface area contributed by atoms with Crippen LogP contribution in [0.2, 0.25) is 0 Å². The van der Waals surface area contributed by atoms with Crippen LogP contribution in [0.1, 0.15) is 80.0 Å². The minimum atomic E-state index is -1.94. The van der Waals surface area contributed by atoms with E-state index in [9.17, 15) is 33.6 Å². The lowest BCUT2D eigenvalue weighted by Gasteiger charge is -2.35. The molecule has 4 aliphatic rings. The summed E-state index contributed by atoms with van der Waals surface area (Å²) < 4.78 is 47.7. The Balaban J connectivity index is 0.713. The van der Waals surface area contributed by atoms with Crippen LogP contribution in [0.15, 0.2) is 64.2 Å². The van der Waals surface area contributed by atoms with Gasteiger partial charge in [0.25, 0.3) is 11.1 Å². The number of hydrogen-bond acceptors (Lipinski definition) is 19. The van der Waals surface area contributed by atoms with Gasteiger partial charge in [-0.25, -0.2) is 24.4 Å². The molecule has 19 nitrogen and oxygen atoms in total. The molecule has 378 valence electrons. The van der Waals surface area contributed by atoms with Crippen LogP contribution in [0.5, 0.6) is 11.5 Å². The molecule has 21 heteroatoms. The SMILES string of the molecule is CCc1c2c(nc3ccc(OC(C)=O)cc13)-c1cc3c(c(=O)n1C2)COC(=O)[C@@]3(CC)OC(=O)OCCSCSCCOCO[C@]1(C)C(=O)OCc2c1cc1n(c2=O)Cc2cc3cc(OC(C)=O)ccc3nc2-1. The molecule has 6 aromatic rings. The normalized spacial score (nSPS) is 17.9. The number of cyclic esters (lactones) is 2. The van der Waals surface area contributed by atoms with Gasteiger partial charge in [-0.1, -0.05) is 13.8 Å². The summed E-state index contributed by atoms with van der Waals surface area (Å²) in [7, 11) is 0. The molecule has 0 unspecified atom stereocenters. The van der Waals surface area contributed by atoms with Gasteiger partial charge in [0.05, 0.1) is 64.6 Å². The third-order valence-corrected chi connectivity index (χ3v) is 15.6. The van der Waals surface area contributed by atoms with E-state index in [4.69, 9.17) is 47.9 Å². The lowest BCUT2D eigenvalue weighted by molar-refractivity contribution is -0.194. The van der Waals surface area contributed by atoms with Crippen molar-refractivity contribution in [2.45, 2.75) is 85.0 Å². The number of aromatic nitrogens is 4. The minimum Gasteiger partial charge on any atom is -0.458 e. The molecule has 2 aromatic carbocycles. The predicted molar refractivity (Wildman–Crippen MR) is 266 cm³/mol. The number of fused-ring (bicyclic) bond motifs is 10. The first-order chi connectivity index (χ1) is 35.1. The number of carbonyl (C=O) groups is 5. The van der Waals surface area contributed by atoms with Crippen molar-refractivity contribution in [1.82, 2.24) is 19.1 Å². The summed E-state index contributed by atoms with van der Waals surface area (Å²) in [5, 5.41) is 2.16. The molecule has 0 bridgehead atoms. The Kier molecular flexibility index (Phi) is 13.4. The number of carbonyl (C=O) groups excluding carboxylic acids is 5. The Morgan fingerprint density at radius 2 is 1.36 bits per heavy atom. The number of esters is 4. The van der Waals surface area contributed by atoms with E-state index in [1.165, 1.54) is 25.6 Å². The van der Waals surface area contributed by atoms with Crippen molar-refractivity contribution in [2.75, 3.05) is 36.6 Å². The van der Waals surface area contributed by atoms with E-state index in [0.29, 0.717) is 79.4 Å². The number of hydrogen-bond donors (Lipinski definition) is 0. The van der Waals surface area contributed by atoms with Gasteiger partial charge in [-0.05, 0) is 79.9 Å². The van der Waals surface area contributed by atoms with E-state index in [1.807, 2.05) is 13.0 Å². The number of aryl methyl sites for hydroxylation is 1. The van der Waals surface area contributed by atoms with Crippen LogP contribution in [-0.2, 0) is 91.5 Å². The zero-order chi connectivity index (χ0) is 51.3. The molecule has 0 saturated carbocycles. The van der Waals surface area contributed by atoms with Gasteiger partial charge in [-0.2, -0.15) is 0 Å². The standard InChI is InChI=1S/C52H48N4O15S2/c1-6-33-34-18-32(70-28(4)58)9-11-41(34)54-45-35(33)22-56-43(45)20-39-37(47(56)60)24-67-49(62)52(39,7-2)71-50(63)65-13-15-73-26-72-14-12-64-25-68-51(5)38-19-42-44-30(21-55(42)46(59)36(38)23-66-48(51)61)16-29-17-31(69-27(3)57)8-10-40(29)53-44/h8-11,16-20H,6-7,12-15,21-26H2,1-5H3/t51-,52-/m0/s1. The maximum Gasteiger partial charge on any atom is 0.509 e. The molecule has 4 aliphatic heterocycles. The molecular weight excluding hydrogens is 985 g/mol. The molecule has 0 saturated heterocycles.